The molecule has 0 saturated heterocycles. The van der Waals surface area contributed by atoms with Crippen LogP contribution in [0.15, 0.2) is 48.5 Å². The molecule has 1 amide bonds. The first-order valence-corrected chi connectivity index (χ1v) is 8.38. The molecule has 7 heteroatoms. The second-order valence-corrected chi connectivity index (χ2v) is 6.77. The van der Waals surface area contributed by atoms with Gasteiger partial charge in [0.15, 0.2) is 0 Å². The van der Waals surface area contributed by atoms with E-state index in [0.29, 0.717) is 5.69 Å². The fraction of sp³-hybridized carbons (Fsp3) is 0.0526. The molecule has 0 spiro atoms. The summed E-state index contributed by atoms with van der Waals surface area (Å²) >= 11 is 1.18. The second kappa shape index (κ2) is 7.05. The smallest absolute Gasteiger partial charge is 0.345 e. The van der Waals surface area contributed by atoms with Crippen molar-refractivity contribution in [2.45, 2.75) is 6.92 Å². The molecule has 0 atom stereocenters. The lowest BCUT2D eigenvalue weighted by Crippen LogP contribution is -2.15. The number of carboxylic acids is 1. The Bertz CT molecular complexity index is 976. The molecular formula is C19H13F2NO3S. The van der Waals surface area contributed by atoms with Gasteiger partial charge in [-0.1, -0.05) is 18.2 Å². The molecule has 1 aromatic heterocycles. The number of carbonyl (C=O) groups excluding carboxylic acids is 1. The summed E-state index contributed by atoms with van der Waals surface area (Å²) in [5, 5.41) is 11.5. The number of aryl methyl sites for hydroxylation is 1. The van der Waals surface area contributed by atoms with Crippen LogP contribution in [0, 0.1) is 18.6 Å². The molecule has 0 aliphatic heterocycles. The van der Waals surface area contributed by atoms with E-state index in [0.717, 1.165) is 28.1 Å². The van der Waals surface area contributed by atoms with Gasteiger partial charge in [0.25, 0.3) is 5.91 Å². The maximum Gasteiger partial charge on any atom is 0.345 e. The van der Waals surface area contributed by atoms with Crippen LogP contribution in [-0.2, 0) is 0 Å². The Labute approximate surface area is 151 Å². The van der Waals surface area contributed by atoms with Crippen LogP contribution in [0.25, 0.3) is 11.1 Å². The molecule has 132 valence electrons. The minimum absolute atomic E-state index is 0.241. The SMILES string of the molecule is Cc1sc(C(=O)O)cc1-c1ccc(NC(=O)c2c(F)cccc2F)cc1. The zero-order valence-electron chi connectivity index (χ0n) is 13.5. The topological polar surface area (TPSA) is 66.4 Å². The largest absolute Gasteiger partial charge is 0.477 e. The van der Waals surface area contributed by atoms with Crippen molar-refractivity contribution in [2.75, 3.05) is 5.32 Å². The van der Waals surface area contributed by atoms with Crippen molar-refractivity contribution < 1.29 is 23.5 Å². The van der Waals surface area contributed by atoms with E-state index in [1.807, 2.05) is 6.92 Å². The highest BCUT2D eigenvalue weighted by molar-refractivity contribution is 7.14. The third kappa shape index (κ3) is 3.48. The van der Waals surface area contributed by atoms with E-state index >= 15 is 0 Å². The van der Waals surface area contributed by atoms with Crippen molar-refractivity contribution >= 4 is 28.9 Å². The lowest BCUT2D eigenvalue weighted by atomic mass is 10.1. The molecule has 0 unspecified atom stereocenters. The number of halogens is 2. The van der Waals surface area contributed by atoms with Crippen LogP contribution in [0.5, 0.6) is 0 Å². The Hall–Kier alpha value is -3.06. The number of carbonyl (C=O) groups is 2. The van der Waals surface area contributed by atoms with E-state index in [4.69, 9.17) is 5.11 Å². The van der Waals surface area contributed by atoms with Crippen molar-refractivity contribution in [3.63, 3.8) is 0 Å². The molecule has 0 saturated carbocycles. The highest BCUT2D eigenvalue weighted by atomic mass is 32.1. The third-order valence-electron chi connectivity index (χ3n) is 3.77. The summed E-state index contributed by atoms with van der Waals surface area (Å²) in [6.45, 7) is 1.82. The Morgan fingerprint density at radius 2 is 1.65 bits per heavy atom. The number of hydrogen-bond donors (Lipinski definition) is 2. The van der Waals surface area contributed by atoms with E-state index in [1.54, 1.807) is 30.3 Å². The Morgan fingerprint density at radius 3 is 2.19 bits per heavy atom. The molecule has 0 fully saturated rings. The summed E-state index contributed by atoms with van der Waals surface area (Å²) in [6, 6.07) is 11.4. The Morgan fingerprint density at radius 1 is 1.04 bits per heavy atom. The number of amides is 1. The van der Waals surface area contributed by atoms with Crippen LogP contribution in [0.1, 0.15) is 24.9 Å². The first kappa shape index (κ1) is 17.8. The first-order valence-electron chi connectivity index (χ1n) is 7.56. The molecule has 4 nitrogen and oxygen atoms in total. The van der Waals surface area contributed by atoms with Gasteiger partial charge in [-0.3, -0.25) is 4.79 Å². The van der Waals surface area contributed by atoms with Crippen molar-refractivity contribution in [3.05, 3.63) is 75.5 Å². The van der Waals surface area contributed by atoms with Gasteiger partial charge in [0.1, 0.15) is 22.1 Å². The molecule has 2 N–H and O–H groups in total. The van der Waals surface area contributed by atoms with Crippen LogP contribution >= 0.6 is 11.3 Å². The number of rotatable bonds is 4. The molecule has 26 heavy (non-hydrogen) atoms. The monoisotopic (exact) mass is 373 g/mol. The number of nitrogens with one attached hydrogen (secondary N) is 1. The van der Waals surface area contributed by atoms with E-state index in [1.165, 1.54) is 17.4 Å². The van der Waals surface area contributed by atoms with Crippen LogP contribution in [-0.4, -0.2) is 17.0 Å². The molecule has 0 radical (unpaired) electrons. The van der Waals surface area contributed by atoms with Gasteiger partial charge in [0, 0.05) is 10.6 Å². The van der Waals surface area contributed by atoms with Gasteiger partial charge >= 0.3 is 5.97 Å². The molecular weight excluding hydrogens is 360 g/mol. The number of hydrogen-bond acceptors (Lipinski definition) is 3. The third-order valence-corrected chi connectivity index (χ3v) is 4.81. The molecule has 2 aromatic carbocycles. The number of benzene rings is 2. The first-order chi connectivity index (χ1) is 12.4. The predicted molar refractivity (Wildman–Crippen MR) is 95.8 cm³/mol. The van der Waals surface area contributed by atoms with Crippen molar-refractivity contribution in [1.29, 1.82) is 0 Å². The predicted octanol–water partition coefficient (Wildman–Crippen LogP) is 4.95. The maximum absolute atomic E-state index is 13.7. The number of carboxylic acid groups (broad SMARTS) is 1. The molecule has 3 rings (SSSR count). The van der Waals surface area contributed by atoms with E-state index in [9.17, 15) is 18.4 Å². The zero-order valence-corrected chi connectivity index (χ0v) is 14.4. The van der Waals surface area contributed by atoms with Crippen LogP contribution < -0.4 is 5.32 Å². The Balaban J connectivity index is 1.82. The average molecular weight is 373 g/mol. The molecule has 3 aromatic rings. The quantitative estimate of drug-likeness (QED) is 0.680. The normalized spacial score (nSPS) is 10.6. The lowest BCUT2D eigenvalue weighted by Gasteiger charge is -2.08. The minimum atomic E-state index is -0.986. The van der Waals surface area contributed by atoms with Gasteiger partial charge in [0.05, 0.1) is 0 Å². The average Bonchev–Trinajstić information content (AvgIpc) is 2.97. The maximum atomic E-state index is 13.7. The van der Waals surface area contributed by atoms with Gasteiger partial charge in [-0.15, -0.1) is 11.3 Å². The van der Waals surface area contributed by atoms with Crippen LogP contribution in [0.4, 0.5) is 14.5 Å². The van der Waals surface area contributed by atoms with Gasteiger partial charge in [-0.05, 0) is 48.4 Å². The molecule has 1 heterocycles. The second-order valence-electron chi connectivity index (χ2n) is 5.51. The van der Waals surface area contributed by atoms with Crippen molar-refractivity contribution in [2.24, 2.45) is 0 Å². The summed E-state index contributed by atoms with van der Waals surface area (Å²) in [5.74, 6) is -3.74. The van der Waals surface area contributed by atoms with E-state index < -0.39 is 29.1 Å². The Kier molecular flexibility index (Phi) is 4.81. The van der Waals surface area contributed by atoms with E-state index in [-0.39, 0.29) is 4.88 Å². The number of thiophene rings is 1. The fourth-order valence-corrected chi connectivity index (χ4v) is 3.40. The molecule has 0 aliphatic rings. The molecule has 0 aliphatic carbocycles. The van der Waals surface area contributed by atoms with Crippen molar-refractivity contribution in [3.8, 4) is 11.1 Å². The van der Waals surface area contributed by atoms with Crippen LogP contribution in [0.2, 0.25) is 0 Å². The summed E-state index contributed by atoms with van der Waals surface area (Å²) < 4.78 is 27.3. The fourth-order valence-electron chi connectivity index (χ4n) is 2.52. The van der Waals surface area contributed by atoms with E-state index in [2.05, 4.69) is 5.32 Å². The summed E-state index contributed by atoms with van der Waals surface area (Å²) in [6.07, 6.45) is 0. The van der Waals surface area contributed by atoms with Gasteiger partial charge in [-0.25, -0.2) is 13.6 Å². The standard InChI is InChI=1S/C19H13F2NO3S/c1-10-13(9-16(26-10)19(24)25)11-5-7-12(8-6-11)22-18(23)17-14(20)3-2-4-15(17)21/h2-9H,1H3,(H,22,23)(H,24,25). The van der Waals surface area contributed by atoms with Crippen molar-refractivity contribution in [1.82, 2.24) is 0 Å². The summed E-state index contributed by atoms with van der Waals surface area (Å²) in [4.78, 5) is 24.2. The van der Waals surface area contributed by atoms with Gasteiger partial charge in [-0.2, -0.15) is 0 Å². The molecule has 0 bridgehead atoms. The summed E-state index contributed by atoms with van der Waals surface area (Å²) in [7, 11) is 0. The number of anilines is 1. The highest BCUT2D eigenvalue weighted by Crippen LogP contribution is 2.31. The zero-order chi connectivity index (χ0) is 18.8. The van der Waals surface area contributed by atoms with Gasteiger partial charge in [0.2, 0.25) is 0 Å². The summed E-state index contributed by atoms with van der Waals surface area (Å²) in [5.41, 5.74) is 1.29. The van der Waals surface area contributed by atoms with Crippen LogP contribution in [0.3, 0.4) is 0 Å². The number of aromatic carboxylic acids is 1. The minimum Gasteiger partial charge on any atom is -0.477 e. The lowest BCUT2D eigenvalue weighted by molar-refractivity contribution is 0.0702. The highest BCUT2D eigenvalue weighted by Gasteiger charge is 2.17. The van der Waals surface area contributed by atoms with Gasteiger partial charge < -0.3 is 10.4 Å².